The first kappa shape index (κ1) is 10.4. The van der Waals surface area contributed by atoms with Crippen LogP contribution in [-0.4, -0.2) is 0 Å². The standard InChI is InChI=1S/C16H16O/c1-16(2,3)14-6-4-5-11-10-15-12(7-8-17-15)9-13(11)14/h4-10H,1-3H3. The second-order valence-electron chi connectivity index (χ2n) is 5.59. The molecule has 0 unspecified atom stereocenters. The van der Waals surface area contributed by atoms with Gasteiger partial charge in [0.2, 0.25) is 0 Å². The third-order valence-electron chi connectivity index (χ3n) is 3.26. The first-order chi connectivity index (χ1) is 8.05. The highest BCUT2D eigenvalue weighted by molar-refractivity contribution is 5.97. The SMILES string of the molecule is CC(C)(C)c1cccc2cc3occc3cc12. The monoisotopic (exact) mass is 224 g/mol. The van der Waals surface area contributed by atoms with Crippen LogP contribution in [0.3, 0.4) is 0 Å². The number of benzene rings is 2. The molecule has 0 N–H and O–H groups in total. The Labute approximate surface area is 101 Å². The number of hydrogen-bond acceptors (Lipinski definition) is 1. The van der Waals surface area contributed by atoms with E-state index in [0.717, 1.165) is 5.58 Å². The van der Waals surface area contributed by atoms with E-state index in [1.165, 1.54) is 21.7 Å². The molecule has 1 nitrogen and oxygen atoms in total. The summed E-state index contributed by atoms with van der Waals surface area (Å²) in [6.07, 6.45) is 1.75. The Hall–Kier alpha value is -1.76. The second kappa shape index (κ2) is 3.36. The van der Waals surface area contributed by atoms with Crippen LogP contribution in [-0.2, 0) is 5.41 Å². The van der Waals surface area contributed by atoms with E-state index in [-0.39, 0.29) is 5.41 Å². The van der Waals surface area contributed by atoms with Crippen LogP contribution >= 0.6 is 0 Å². The summed E-state index contributed by atoms with van der Waals surface area (Å²) < 4.78 is 5.45. The van der Waals surface area contributed by atoms with Gasteiger partial charge in [0.15, 0.2) is 0 Å². The fourth-order valence-corrected chi connectivity index (χ4v) is 2.39. The van der Waals surface area contributed by atoms with Gasteiger partial charge in [0, 0.05) is 5.39 Å². The maximum atomic E-state index is 5.45. The Morgan fingerprint density at radius 1 is 0.941 bits per heavy atom. The van der Waals surface area contributed by atoms with E-state index in [0.29, 0.717) is 0 Å². The van der Waals surface area contributed by atoms with Crippen molar-refractivity contribution < 1.29 is 4.42 Å². The summed E-state index contributed by atoms with van der Waals surface area (Å²) in [6.45, 7) is 6.75. The Morgan fingerprint density at radius 2 is 1.76 bits per heavy atom. The summed E-state index contributed by atoms with van der Waals surface area (Å²) in [6, 6.07) is 12.9. The van der Waals surface area contributed by atoms with Crippen LogP contribution in [0.4, 0.5) is 0 Å². The first-order valence-electron chi connectivity index (χ1n) is 5.96. The fourth-order valence-electron chi connectivity index (χ4n) is 2.39. The predicted molar refractivity (Wildman–Crippen MR) is 72.4 cm³/mol. The van der Waals surface area contributed by atoms with Crippen molar-refractivity contribution in [2.75, 3.05) is 0 Å². The minimum Gasteiger partial charge on any atom is -0.464 e. The minimum absolute atomic E-state index is 0.164. The maximum absolute atomic E-state index is 5.45. The van der Waals surface area contributed by atoms with Crippen LogP contribution in [0.1, 0.15) is 26.3 Å². The van der Waals surface area contributed by atoms with E-state index in [1.807, 2.05) is 6.07 Å². The molecule has 0 saturated heterocycles. The molecule has 0 fully saturated rings. The molecular formula is C16H16O. The van der Waals surface area contributed by atoms with Crippen LogP contribution in [0.5, 0.6) is 0 Å². The van der Waals surface area contributed by atoms with E-state index < -0.39 is 0 Å². The molecule has 0 aliphatic rings. The van der Waals surface area contributed by atoms with Gasteiger partial charge in [-0.3, -0.25) is 0 Å². The lowest BCUT2D eigenvalue weighted by molar-refractivity contribution is 0.596. The molecule has 17 heavy (non-hydrogen) atoms. The molecule has 3 aromatic rings. The summed E-state index contributed by atoms with van der Waals surface area (Å²) in [5, 5.41) is 3.75. The quantitative estimate of drug-likeness (QED) is 0.530. The van der Waals surface area contributed by atoms with E-state index in [2.05, 4.69) is 51.1 Å². The molecule has 86 valence electrons. The summed E-state index contributed by atoms with van der Waals surface area (Å²) >= 11 is 0. The second-order valence-corrected chi connectivity index (χ2v) is 5.59. The normalized spacial score (nSPS) is 12.4. The van der Waals surface area contributed by atoms with Crippen LogP contribution in [0.15, 0.2) is 47.1 Å². The average molecular weight is 224 g/mol. The van der Waals surface area contributed by atoms with Crippen LogP contribution in [0.25, 0.3) is 21.7 Å². The van der Waals surface area contributed by atoms with Crippen LogP contribution in [0.2, 0.25) is 0 Å². The zero-order valence-electron chi connectivity index (χ0n) is 10.4. The molecule has 0 radical (unpaired) electrons. The molecule has 0 aliphatic carbocycles. The molecule has 1 heterocycles. The van der Waals surface area contributed by atoms with Crippen LogP contribution < -0.4 is 0 Å². The fraction of sp³-hybridized carbons (Fsp3) is 0.250. The zero-order chi connectivity index (χ0) is 12.0. The van der Waals surface area contributed by atoms with E-state index >= 15 is 0 Å². The highest BCUT2D eigenvalue weighted by Gasteiger charge is 2.16. The lowest BCUT2D eigenvalue weighted by Crippen LogP contribution is -2.11. The molecule has 0 saturated carbocycles. The summed E-state index contributed by atoms with van der Waals surface area (Å²) in [7, 11) is 0. The van der Waals surface area contributed by atoms with Crippen molar-refractivity contribution in [2.24, 2.45) is 0 Å². The van der Waals surface area contributed by atoms with E-state index in [4.69, 9.17) is 4.42 Å². The Balaban J connectivity index is 2.44. The molecule has 2 aromatic carbocycles. The number of fused-ring (bicyclic) bond motifs is 2. The number of rotatable bonds is 0. The number of furan rings is 1. The third-order valence-corrected chi connectivity index (χ3v) is 3.26. The van der Waals surface area contributed by atoms with E-state index in [1.54, 1.807) is 6.26 Å². The van der Waals surface area contributed by atoms with Crippen molar-refractivity contribution >= 4 is 21.7 Å². The van der Waals surface area contributed by atoms with Crippen molar-refractivity contribution in [3.63, 3.8) is 0 Å². The molecule has 0 spiro atoms. The summed E-state index contributed by atoms with van der Waals surface area (Å²) in [4.78, 5) is 0. The van der Waals surface area contributed by atoms with Gasteiger partial charge in [-0.05, 0) is 39.9 Å². The molecular weight excluding hydrogens is 208 g/mol. The van der Waals surface area contributed by atoms with Gasteiger partial charge < -0.3 is 4.42 Å². The zero-order valence-corrected chi connectivity index (χ0v) is 10.4. The van der Waals surface area contributed by atoms with Gasteiger partial charge in [-0.25, -0.2) is 0 Å². The van der Waals surface area contributed by atoms with Crippen molar-refractivity contribution in [1.82, 2.24) is 0 Å². The summed E-state index contributed by atoms with van der Waals surface area (Å²) in [5.41, 5.74) is 2.51. The molecule has 0 amide bonds. The maximum Gasteiger partial charge on any atom is 0.134 e. The van der Waals surface area contributed by atoms with Gasteiger partial charge in [-0.1, -0.05) is 39.0 Å². The average Bonchev–Trinajstić information content (AvgIpc) is 2.70. The van der Waals surface area contributed by atoms with Crippen molar-refractivity contribution in [3.05, 3.63) is 48.2 Å². The van der Waals surface area contributed by atoms with Gasteiger partial charge >= 0.3 is 0 Å². The predicted octanol–water partition coefficient (Wildman–Crippen LogP) is 4.88. The molecule has 0 bridgehead atoms. The highest BCUT2D eigenvalue weighted by atomic mass is 16.3. The molecule has 1 aromatic heterocycles. The molecule has 1 heteroatoms. The molecule has 0 aliphatic heterocycles. The largest absolute Gasteiger partial charge is 0.464 e. The van der Waals surface area contributed by atoms with Gasteiger partial charge in [-0.15, -0.1) is 0 Å². The lowest BCUT2D eigenvalue weighted by Gasteiger charge is -2.21. The van der Waals surface area contributed by atoms with Crippen molar-refractivity contribution in [3.8, 4) is 0 Å². The smallest absolute Gasteiger partial charge is 0.134 e. The van der Waals surface area contributed by atoms with Gasteiger partial charge in [0.1, 0.15) is 5.58 Å². The third kappa shape index (κ3) is 1.62. The van der Waals surface area contributed by atoms with Crippen molar-refractivity contribution in [1.29, 1.82) is 0 Å². The minimum atomic E-state index is 0.164. The first-order valence-corrected chi connectivity index (χ1v) is 5.96. The topological polar surface area (TPSA) is 13.1 Å². The van der Waals surface area contributed by atoms with Gasteiger partial charge in [0.25, 0.3) is 0 Å². The molecule has 0 atom stereocenters. The van der Waals surface area contributed by atoms with Crippen molar-refractivity contribution in [2.45, 2.75) is 26.2 Å². The van der Waals surface area contributed by atoms with Gasteiger partial charge in [-0.2, -0.15) is 0 Å². The Kier molecular flexibility index (Phi) is 2.06. The number of hydrogen-bond donors (Lipinski definition) is 0. The van der Waals surface area contributed by atoms with E-state index in [9.17, 15) is 0 Å². The lowest BCUT2D eigenvalue weighted by atomic mass is 9.83. The molecule has 3 rings (SSSR count). The highest BCUT2D eigenvalue weighted by Crippen LogP contribution is 2.32. The van der Waals surface area contributed by atoms with Crippen LogP contribution in [0, 0.1) is 0 Å². The Bertz CT molecular complexity index is 683. The van der Waals surface area contributed by atoms with Gasteiger partial charge in [0.05, 0.1) is 6.26 Å². The summed E-state index contributed by atoms with van der Waals surface area (Å²) in [5.74, 6) is 0. The Morgan fingerprint density at radius 3 is 2.53 bits per heavy atom.